The second-order valence-corrected chi connectivity index (χ2v) is 6.77. The fourth-order valence-electron chi connectivity index (χ4n) is 3.19. The highest BCUT2D eigenvalue weighted by molar-refractivity contribution is 5.98. The smallest absolute Gasteiger partial charge is 0.252 e. The van der Waals surface area contributed by atoms with Crippen molar-refractivity contribution in [3.63, 3.8) is 0 Å². The number of halogens is 1. The van der Waals surface area contributed by atoms with Crippen LogP contribution >= 0.6 is 0 Å². The Morgan fingerprint density at radius 2 is 2.04 bits per heavy atom. The Balaban J connectivity index is 1.94. The topological polar surface area (TPSA) is 128 Å². The summed E-state index contributed by atoms with van der Waals surface area (Å²) in [5.41, 5.74) is 11.7. The van der Waals surface area contributed by atoms with Gasteiger partial charge in [-0.05, 0) is 25.0 Å². The number of nitrogens with one attached hydrogen (secondary N) is 2. The number of carbonyl (C=O) groups excluding carboxylic acids is 1. The van der Waals surface area contributed by atoms with Crippen molar-refractivity contribution in [2.24, 2.45) is 18.5 Å². The van der Waals surface area contributed by atoms with E-state index in [-0.39, 0.29) is 34.8 Å². The van der Waals surface area contributed by atoms with Crippen molar-refractivity contribution in [2.45, 2.75) is 37.8 Å². The number of primary amides is 1. The van der Waals surface area contributed by atoms with E-state index in [2.05, 4.69) is 15.6 Å². The largest absolute Gasteiger partial charge is 0.365 e. The molecule has 1 fully saturated rings. The maximum atomic E-state index is 14.5. The van der Waals surface area contributed by atoms with Crippen LogP contribution in [0.15, 0.2) is 29.2 Å². The lowest BCUT2D eigenvalue weighted by Gasteiger charge is -2.30. The summed E-state index contributed by atoms with van der Waals surface area (Å²) in [6, 6.07) is 3.79. The van der Waals surface area contributed by atoms with Crippen molar-refractivity contribution in [3.05, 3.63) is 46.1 Å². The number of rotatable bonds is 5. The van der Waals surface area contributed by atoms with Crippen LogP contribution < -0.4 is 27.7 Å². The number of aromatic nitrogens is 2. The fourth-order valence-corrected chi connectivity index (χ4v) is 3.19. The maximum Gasteiger partial charge on any atom is 0.252 e. The third-order valence-electron chi connectivity index (χ3n) is 4.73. The molecule has 2 heterocycles. The predicted molar refractivity (Wildman–Crippen MR) is 102 cm³/mol. The van der Waals surface area contributed by atoms with E-state index < -0.39 is 11.7 Å². The molecule has 2 atom stereocenters. The van der Waals surface area contributed by atoms with Crippen molar-refractivity contribution in [1.29, 1.82) is 0 Å². The van der Waals surface area contributed by atoms with Gasteiger partial charge in [-0.3, -0.25) is 9.59 Å². The molecule has 8 nitrogen and oxygen atoms in total. The first-order valence-corrected chi connectivity index (χ1v) is 8.81. The van der Waals surface area contributed by atoms with Crippen molar-refractivity contribution in [2.75, 3.05) is 10.6 Å². The van der Waals surface area contributed by atoms with E-state index in [1.54, 1.807) is 19.3 Å². The van der Waals surface area contributed by atoms with Crippen LogP contribution in [-0.2, 0) is 7.05 Å². The highest BCUT2D eigenvalue weighted by atomic mass is 19.1. The number of nitrogens with zero attached hydrogens (tertiary/aromatic N) is 2. The molecule has 144 valence electrons. The Labute approximate surface area is 155 Å². The van der Waals surface area contributed by atoms with Gasteiger partial charge in [0.15, 0.2) is 11.6 Å². The van der Waals surface area contributed by atoms with E-state index in [1.807, 2.05) is 0 Å². The number of aryl methyl sites for hydroxylation is 1. The first-order chi connectivity index (χ1) is 12.8. The molecule has 2 aromatic heterocycles. The van der Waals surface area contributed by atoms with Crippen molar-refractivity contribution < 1.29 is 9.18 Å². The molecule has 3 rings (SSSR count). The summed E-state index contributed by atoms with van der Waals surface area (Å²) in [7, 11) is 1.60. The molecule has 0 radical (unpaired) electrons. The predicted octanol–water partition coefficient (Wildman–Crippen LogP) is 1.44. The van der Waals surface area contributed by atoms with Gasteiger partial charge in [0.2, 0.25) is 5.56 Å². The van der Waals surface area contributed by atoms with Gasteiger partial charge in [-0.15, -0.1) is 0 Å². The minimum absolute atomic E-state index is 0.00895. The molecule has 0 saturated heterocycles. The monoisotopic (exact) mass is 374 g/mol. The van der Waals surface area contributed by atoms with Crippen molar-refractivity contribution in [3.8, 4) is 0 Å². The minimum Gasteiger partial charge on any atom is -0.365 e. The molecule has 6 N–H and O–H groups in total. The molecular formula is C18H23FN6O2. The Bertz CT molecular complexity index is 913. The Kier molecular flexibility index (Phi) is 5.41. The Hall–Kier alpha value is -2.94. The van der Waals surface area contributed by atoms with Crippen LogP contribution in [0.3, 0.4) is 0 Å². The number of hydrogen-bond acceptors (Lipinski definition) is 6. The number of pyridine rings is 2. The van der Waals surface area contributed by atoms with Crippen LogP contribution in [0.25, 0.3) is 0 Å². The summed E-state index contributed by atoms with van der Waals surface area (Å²) in [5.74, 6) is -1.37. The van der Waals surface area contributed by atoms with Crippen LogP contribution in [-0.4, -0.2) is 27.5 Å². The zero-order valence-corrected chi connectivity index (χ0v) is 15.0. The van der Waals surface area contributed by atoms with Gasteiger partial charge in [0.05, 0.1) is 11.3 Å². The van der Waals surface area contributed by atoms with Crippen LogP contribution in [0.4, 0.5) is 21.7 Å². The number of anilines is 3. The summed E-state index contributed by atoms with van der Waals surface area (Å²) < 4.78 is 15.9. The van der Waals surface area contributed by atoms with Gasteiger partial charge >= 0.3 is 0 Å². The SMILES string of the molecule is Cn1cc(Nc2nc(N[C@H]3CCCC[C@H]3N)c(F)cc2C(N)=O)ccc1=O. The molecule has 0 unspecified atom stereocenters. The average Bonchev–Trinajstić information content (AvgIpc) is 2.62. The summed E-state index contributed by atoms with van der Waals surface area (Å²) in [5, 5.41) is 5.98. The van der Waals surface area contributed by atoms with Crippen LogP contribution in [0, 0.1) is 5.82 Å². The number of hydrogen-bond donors (Lipinski definition) is 4. The van der Waals surface area contributed by atoms with Gasteiger partial charge in [0.25, 0.3) is 5.91 Å². The second kappa shape index (κ2) is 7.75. The molecule has 2 aromatic rings. The summed E-state index contributed by atoms with van der Waals surface area (Å²) >= 11 is 0. The van der Waals surface area contributed by atoms with E-state index in [0.29, 0.717) is 5.69 Å². The molecule has 0 aromatic carbocycles. The third-order valence-corrected chi connectivity index (χ3v) is 4.73. The molecular weight excluding hydrogens is 351 g/mol. The van der Waals surface area contributed by atoms with Crippen LogP contribution in [0.1, 0.15) is 36.0 Å². The van der Waals surface area contributed by atoms with Gasteiger partial charge in [0, 0.05) is 31.4 Å². The molecule has 1 amide bonds. The maximum absolute atomic E-state index is 14.5. The lowest BCUT2D eigenvalue weighted by atomic mass is 9.91. The molecule has 27 heavy (non-hydrogen) atoms. The highest BCUT2D eigenvalue weighted by Crippen LogP contribution is 2.26. The summed E-state index contributed by atoms with van der Waals surface area (Å²) in [6.07, 6.45) is 5.29. The van der Waals surface area contributed by atoms with Gasteiger partial charge in [-0.25, -0.2) is 9.37 Å². The van der Waals surface area contributed by atoms with E-state index in [9.17, 15) is 14.0 Å². The molecule has 0 aliphatic heterocycles. The quantitative estimate of drug-likeness (QED) is 0.627. The first kappa shape index (κ1) is 18.8. The Morgan fingerprint density at radius 1 is 1.30 bits per heavy atom. The number of amides is 1. The van der Waals surface area contributed by atoms with E-state index >= 15 is 0 Å². The number of carbonyl (C=O) groups is 1. The van der Waals surface area contributed by atoms with Crippen LogP contribution in [0.2, 0.25) is 0 Å². The van der Waals surface area contributed by atoms with Crippen molar-refractivity contribution >= 4 is 23.2 Å². The second-order valence-electron chi connectivity index (χ2n) is 6.77. The normalized spacial score (nSPS) is 19.5. The summed E-state index contributed by atoms with van der Waals surface area (Å²) in [6.45, 7) is 0. The van der Waals surface area contributed by atoms with Crippen molar-refractivity contribution in [1.82, 2.24) is 9.55 Å². The van der Waals surface area contributed by atoms with Gasteiger partial charge < -0.3 is 26.7 Å². The number of nitrogens with two attached hydrogens (primary N) is 2. The Morgan fingerprint density at radius 3 is 2.70 bits per heavy atom. The molecule has 1 saturated carbocycles. The lowest BCUT2D eigenvalue weighted by Crippen LogP contribution is -2.43. The molecule has 0 bridgehead atoms. The fraction of sp³-hybridized carbons (Fsp3) is 0.389. The third kappa shape index (κ3) is 4.25. The summed E-state index contributed by atoms with van der Waals surface area (Å²) in [4.78, 5) is 27.5. The zero-order valence-electron chi connectivity index (χ0n) is 15.0. The molecule has 0 spiro atoms. The molecule has 1 aliphatic carbocycles. The minimum atomic E-state index is -0.811. The standard InChI is InChI=1S/C18H23FN6O2/c1-25-9-10(6-7-15(25)26)22-17-11(16(21)27)8-12(19)18(24-17)23-14-5-3-2-4-13(14)20/h6-9,13-14H,2-5,20H2,1H3,(H2,21,27)(H2,22,23,24)/t13-,14+/m1/s1. The molecule has 1 aliphatic rings. The van der Waals surface area contributed by atoms with Gasteiger partial charge in [-0.2, -0.15) is 0 Å². The van der Waals surface area contributed by atoms with E-state index in [1.165, 1.54) is 10.6 Å². The first-order valence-electron chi connectivity index (χ1n) is 8.81. The molecule has 9 heteroatoms. The average molecular weight is 374 g/mol. The lowest BCUT2D eigenvalue weighted by molar-refractivity contribution is 0.100. The van der Waals surface area contributed by atoms with Crippen LogP contribution in [0.5, 0.6) is 0 Å². The highest BCUT2D eigenvalue weighted by Gasteiger charge is 2.24. The van der Waals surface area contributed by atoms with E-state index in [4.69, 9.17) is 11.5 Å². The van der Waals surface area contributed by atoms with Gasteiger partial charge in [0.1, 0.15) is 5.82 Å². The van der Waals surface area contributed by atoms with Gasteiger partial charge in [-0.1, -0.05) is 12.8 Å². The van der Waals surface area contributed by atoms with E-state index in [0.717, 1.165) is 31.7 Å². The zero-order chi connectivity index (χ0) is 19.6.